The first-order valence-electron chi connectivity index (χ1n) is 17.3. The van der Waals surface area contributed by atoms with Crippen molar-refractivity contribution in [1.82, 2.24) is 15.0 Å². The van der Waals surface area contributed by atoms with Gasteiger partial charge in [0.25, 0.3) is 0 Å². The van der Waals surface area contributed by atoms with Crippen molar-refractivity contribution in [2.24, 2.45) is 0 Å². The van der Waals surface area contributed by atoms with Crippen LogP contribution in [0.25, 0.3) is 98.2 Å². The number of para-hydroxylation sites is 2. The highest BCUT2D eigenvalue weighted by atomic mass is 32.1. The van der Waals surface area contributed by atoms with Gasteiger partial charge in [0.15, 0.2) is 17.5 Å². The van der Waals surface area contributed by atoms with Gasteiger partial charge in [0, 0.05) is 52.9 Å². The third-order valence-electron chi connectivity index (χ3n) is 10.7. The van der Waals surface area contributed by atoms with Crippen molar-refractivity contribution >= 4 is 64.2 Å². The summed E-state index contributed by atoms with van der Waals surface area (Å²) in [7, 11) is 0. The van der Waals surface area contributed by atoms with Crippen molar-refractivity contribution in [3.05, 3.63) is 151 Å². The van der Waals surface area contributed by atoms with Crippen molar-refractivity contribution in [2.75, 3.05) is 0 Å². The number of fused-ring (bicyclic) bond motifs is 13. The van der Waals surface area contributed by atoms with E-state index in [4.69, 9.17) is 19.4 Å². The van der Waals surface area contributed by atoms with Crippen molar-refractivity contribution in [1.29, 1.82) is 0 Å². The zero-order chi connectivity index (χ0) is 33.8. The van der Waals surface area contributed by atoms with Gasteiger partial charge >= 0.3 is 0 Å². The average molecular weight is 672 g/mol. The monoisotopic (exact) mass is 671 g/mol. The van der Waals surface area contributed by atoms with Crippen LogP contribution in [0.3, 0.4) is 0 Å². The first kappa shape index (κ1) is 28.6. The van der Waals surface area contributed by atoms with E-state index in [-0.39, 0.29) is 5.41 Å². The van der Waals surface area contributed by atoms with Crippen LogP contribution in [0.1, 0.15) is 25.0 Å². The van der Waals surface area contributed by atoms with Crippen LogP contribution in [0, 0.1) is 0 Å². The molecule has 0 amide bonds. The largest absolute Gasteiger partial charge is 0.455 e. The number of hydrogen-bond donors (Lipinski definition) is 0. The summed E-state index contributed by atoms with van der Waals surface area (Å²) >= 11 is 1.88. The van der Waals surface area contributed by atoms with E-state index in [1.54, 1.807) is 0 Å². The molecular formula is C46H29N3OS. The number of furan rings is 1. The van der Waals surface area contributed by atoms with Gasteiger partial charge in [0.05, 0.1) is 5.56 Å². The Kier molecular flexibility index (Phi) is 5.85. The molecule has 0 spiro atoms. The highest BCUT2D eigenvalue weighted by Crippen LogP contribution is 2.57. The number of nitrogens with zero attached hydrogens (tertiary/aromatic N) is 3. The van der Waals surface area contributed by atoms with Crippen molar-refractivity contribution in [3.8, 4) is 45.3 Å². The standard InChI is InChI=1S/C46H29N3OS/c1-46(2)35-21-10-8-18-32(35)38-29-16-6-7-17-31(29)42-39(40(38)46)34-25-27(23-24-37(34)51-42)44-47-43(26-13-4-3-5-14-26)48-45(49-44)33-20-12-19-30-28-15-9-11-22-36(28)50-41(30)33/h3-25H,1-2H3. The van der Waals surface area contributed by atoms with E-state index in [1.165, 1.54) is 53.2 Å². The van der Waals surface area contributed by atoms with Gasteiger partial charge in [0.1, 0.15) is 11.2 Å². The minimum absolute atomic E-state index is 0.162. The Balaban J connectivity index is 1.19. The van der Waals surface area contributed by atoms with Crippen molar-refractivity contribution in [3.63, 3.8) is 0 Å². The van der Waals surface area contributed by atoms with Crippen LogP contribution in [-0.2, 0) is 5.41 Å². The van der Waals surface area contributed by atoms with Crippen LogP contribution in [0.15, 0.2) is 144 Å². The Morgan fingerprint density at radius 2 is 1.20 bits per heavy atom. The maximum absolute atomic E-state index is 6.45. The fourth-order valence-corrected chi connectivity index (χ4v) is 9.61. The highest BCUT2D eigenvalue weighted by molar-refractivity contribution is 7.26. The third kappa shape index (κ3) is 4.04. The van der Waals surface area contributed by atoms with Gasteiger partial charge in [-0.25, -0.2) is 15.0 Å². The summed E-state index contributed by atoms with van der Waals surface area (Å²) in [5.74, 6) is 1.85. The van der Waals surface area contributed by atoms with E-state index in [2.05, 4.69) is 111 Å². The molecule has 0 N–H and O–H groups in total. The predicted octanol–water partition coefficient (Wildman–Crippen LogP) is 12.6. The first-order valence-corrected chi connectivity index (χ1v) is 18.1. The second kappa shape index (κ2) is 10.4. The van der Waals surface area contributed by atoms with Gasteiger partial charge in [-0.2, -0.15) is 0 Å². The Bertz CT molecular complexity index is 3060. The molecular weight excluding hydrogens is 643 g/mol. The lowest BCUT2D eigenvalue weighted by Gasteiger charge is -2.23. The molecule has 0 atom stereocenters. The molecule has 51 heavy (non-hydrogen) atoms. The molecule has 3 heterocycles. The first-order chi connectivity index (χ1) is 25.0. The molecule has 0 bridgehead atoms. The fourth-order valence-electron chi connectivity index (χ4n) is 8.38. The van der Waals surface area contributed by atoms with Crippen LogP contribution in [0.4, 0.5) is 0 Å². The van der Waals surface area contributed by atoms with E-state index < -0.39 is 0 Å². The quantitative estimate of drug-likeness (QED) is 0.188. The van der Waals surface area contributed by atoms with Gasteiger partial charge < -0.3 is 4.42 Å². The van der Waals surface area contributed by atoms with Crippen LogP contribution < -0.4 is 0 Å². The SMILES string of the molecule is CC1(C)c2ccccc2-c2c1c1c3cc(-c4nc(-c5ccccc5)nc(-c5cccc6c5oc5ccccc56)n4)ccc3sc1c1ccccc21. The van der Waals surface area contributed by atoms with E-state index in [0.29, 0.717) is 17.5 Å². The Morgan fingerprint density at radius 3 is 2.06 bits per heavy atom. The summed E-state index contributed by atoms with van der Waals surface area (Å²) in [6.07, 6.45) is 0. The van der Waals surface area contributed by atoms with E-state index in [1.807, 2.05) is 53.8 Å². The third-order valence-corrected chi connectivity index (χ3v) is 11.9. The van der Waals surface area contributed by atoms with Gasteiger partial charge in [0.2, 0.25) is 0 Å². The van der Waals surface area contributed by atoms with Crippen molar-refractivity contribution < 1.29 is 4.42 Å². The van der Waals surface area contributed by atoms with E-state index in [0.717, 1.165) is 38.6 Å². The summed E-state index contributed by atoms with van der Waals surface area (Å²) in [5.41, 5.74) is 9.66. The molecule has 3 aromatic heterocycles. The maximum Gasteiger partial charge on any atom is 0.167 e. The zero-order valence-corrected chi connectivity index (χ0v) is 28.8. The maximum atomic E-state index is 6.45. The molecule has 1 aliphatic carbocycles. The molecule has 11 rings (SSSR count). The summed E-state index contributed by atoms with van der Waals surface area (Å²) in [6.45, 7) is 4.75. The molecule has 0 saturated heterocycles. The number of hydrogen-bond acceptors (Lipinski definition) is 5. The van der Waals surface area contributed by atoms with Crippen LogP contribution in [-0.4, -0.2) is 15.0 Å². The number of aromatic nitrogens is 3. The molecule has 0 unspecified atom stereocenters. The predicted molar refractivity (Wildman–Crippen MR) is 211 cm³/mol. The molecule has 0 aliphatic heterocycles. The molecule has 240 valence electrons. The van der Waals surface area contributed by atoms with Gasteiger partial charge in [-0.3, -0.25) is 0 Å². The minimum atomic E-state index is -0.162. The zero-order valence-electron chi connectivity index (χ0n) is 27.9. The van der Waals surface area contributed by atoms with E-state index >= 15 is 0 Å². The van der Waals surface area contributed by atoms with Crippen LogP contribution in [0.5, 0.6) is 0 Å². The molecule has 0 saturated carbocycles. The molecule has 0 radical (unpaired) electrons. The molecule has 5 heteroatoms. The smallest absolute Gasteiger partial charge is 0.167 e. The Morgan fingerprint density at radius 1 is 0.529 bits per heavy atom. The number of thiophene rings is 1. The molecule has 1 aliphatic rings. The van der Waals surface area contributed by atoms with Crippen LogP contribution >= 0.6 is 11.3 Å². The summed E-state index contributed by atoms with van der Waals surface area (Å²) in [6, 6.07) is 49.1. The molecule has 7 aromatic carbocycles. The second-order valence-corrected chi connectivity index (χ2v) is 15.0. The highest BCUT2D eigenvalue weighted by Gasteiger charge is 2.39. The lowest BCUT2D eigenvalue weighted by molar-refractivity contribution is 0.667. The van der Waals surface area contributed by atoms with E-state index in [9.17, 15) is 0 Å². The number of benzene rings is 7. The second-order valence-electron chi connectivity index (χ2n) is 13.9. The molecule has 4 nitrogen and oxygen atoms in total. The molecule has 10 aromatic rings. The van der Waals surface area contributed by atoms with Crippen molar-refractivity contribution in [2.45, 2.75) is 19.3 Å². The van der Waals surface area contributed by atoms with Crippen LogP contribution in [0.2, 0.25) is 0 Å². The van der Waals surface area contributed by atoms with Gasteiger partial charge in [-0.05, 0) is 58.0 Å². The molecule has 0 fully saturated rings. The summed E-state index contributed by atoms with van der Waals surface area (Å²) < 4.78 is 9.03. The lowest BCUT2D eigenvalue weighted by Crippen LogP contribution is -2.15. The van der Waals surface area contributed by atoms with Gasteiger partial charge in [-0.15, -0.1) is 11.3 Å². The minimum Gasteiger partial charge on any atom is -0.455 e. The van der Waals surface area contributed by atoms with Gasteiger partial charge in [-0.1, -0.05) is 123 Å². The normalized spacial score (nSPS) is 13.5. The fraction of sp³-hybridized carbons (Fsp3) is 0.0652. The summed E-state index contributed by atoms with van der Waals surface area (Å²) in [4.78, 5) is 15.4. The summed E-state index contributed by atoms with van der Waals surface area (Å²) in [5, 5.41) is 7.30. The average Bonchev–Trinajstić information content (AvgIpc) is 3.83. The lowest BCUT2D eigenvalue weighted by atomic mass is 9.79. The Labute approximate surface area is 297 Å². The number of rotatable bonds is 3. The Hall–Kier alpha value is -6.17. The topological polar surface area (TPSA) is 51.8 Å².